The molecule has 0 saturated heterocycles. The standard InChI is InChI=1S/C25H28N2O5S/c1-5-22(32-24-9-7-6-8-23(24)31-4)25(28)26-19-12-14-21(15-13-19)33(29,30)27-20-11-10-17(2)18(3)16-20/h6-16,22,27H,5H2,1-4H3,(H,26,28)/t22-/m0/s1. The molecule has 3 aromatic rings. The monoisotopic (exact) mass is 468 g/mol. The van der Waals surface area contributed by atoms with Crippen LogP contribution in [0.4, 0.5) is 11.4 Å². The summed E-state index contributed by atoms with van der Waals surface area (Å²) in [5.41, 5.74) is 3.04. The van der Waals surface area contributed by atoms with Gasteiger partial charge in [-0.3, -0.25) is 9.52 Å². The van der Waals surface area contributed by atoms with E-state index < -0.39 is 16.1 Å². The number of methoxy groups -OCH3 is 1. The van der Waals surface area contributed by atoms with E-state index in [1.54, 1.807) is 42.5 Å². The summed E-state index contributed by atoms with van der Waals surface area (Å²) in [5, 5.41) is 2.77. The lowest BCUT2D eigenvalue weighted by Gasteiger charge is -2.19. The fourth-order valence-electron chi connectivity index (χ4n) is 3.15. The quantitative estimate of drug-likeness (QED) is 0.465. The number of hydrogen-bond donors (Lipinski definition) is 2. The molecule has 0 heterocycles. The van der Waals surface area contributed by atoms with Crippen LogP contribution < -0.4 is 19.5 Å². The number of rotatable bonds is 9. The van der Waals surface area contributed by atoms with Crippen molar-refractivity contribution >= 4 is 27.3 Å². The number of carbonyl (C=O) groups excluding carboxylic acids is 1. The topological polar surface area (TPSA) is 93.7 Å². The van der Waals surface area contributed by atoms with E-state index in [0.29, 0.717) is 29.3 Å². The summed E-state index contributed by atoms with van der Waals surface area (Å²) in [6.45, 7) is 5.73. The summed E-state index contributed by atoms with van der Waals surface area (Å²) < 4.78 is 39.1. The van der Waals surface area contributed by atoms with Crippen LogP contribution in [-0.2, 0) is 14.8 Å². The SMILES string of the molecule is CC[C@H](Oc1ccccc1OC)C(=O)Nc1ccc(S(=O)(=O)Nc2ccc(C)c(C)c2)cc1. The minimum absolute atomic E-state index is 0.0936. The minimum atomic E-state index is -3.76. The highest BCUT2D eigenvalue weighted by Gasteiger charge is 2.21. The summed E-state index contributed by atoms with van der Waals surface area (Å²) in [4.78, 5) is 12.8. The van der Waals surface area contributed by atoms with Crippen LogP contribution in [0.25, 0.3) is 0 Å². The second kappa shape index (κ2) is 10.4. The Labute approximate surface area is 194 Å². The molecule has 0 bridgehead atoms. The Hall–Kier alpha value is -3.52. The molecule has 1 amide bonds. The van der Waals surface area contributed by atoms with E-state index >= 15 is 0 Å². The fourth-order valence-corrected chi connectivity index (χ4v) is 4.20. The van der Waals surface area contributed by atoms with Crippen LogP contribution in [0.5, 0.6) is 11.5 Å². The Morgan fingerprint density at radius 2 is 1.55 bits per heavy atom. The van der Waals surface area contributed by atoms with Gasteiger partial charge < -0.3 is 14.8 Å². The van der Waals surface area contributed by atoms with Crippen molar-refractivity contribution in [2.24, 2.45) is 0 Å². The smallest absolute Gasteiger partial charge is 0.265 e. The van der Waals surface area contributed by atoms with Crippen molar-refractivity contribution in [2.75, 3.05) is 17.1 Å². The Morgan fingerprint density at radius 1 is 0.909 bits per heavy atom. The number of sulfonamides is 1. The highest BCUT2D eigenvalue weighted by molar-refractivity contribution is 7.92. The molecule has 0 aliphatic rings. The van der Waals surface area contributed by atoms with E-state index in [2.05, 4.69) is 10.0 Å². The maximum atomic E-state index is 12.7. The van der Waals surface area contributed by atoms with Crippen LogP contribution in [-0.4, -0.2) is 27.5 Å². The number of ether oxygens (including phenoxy) is 2. The van der Waals surface area contributed by atoms with Gasteiger partial charge in [-0.1, -0.05) is 25.1 Å². The second-order valence-corrected chi connectivity index (χ2v) is 9.27. The number of para-hydroxylation sites is 2. The van der Waals surface area contributed by atoms with Crippen LogP contribution in [0.1, 0.15) is 24.5 Å². The summed E-state index contributed by atoms with van der Waals surface area (Å²) in [5.74, 6) is 0.669. The van der Waals surface area contributed by atoms with Crippen molar-refractivity contribution in [1.82, 2.24) is 0 Å². The number of anilines is 2. The minimum Gasteiger partial charge on any atom is -0.493 e. The Kier molecular flexibility index (Phi) is 7.60. The molecule has 33 heavy (non-hydrogen) atoms. The predicted molar refractivity (Wildman–Crippen MR) is 129 cm³/mol. The molecule has 2 N–H and O–H groups in total. The van der Waals surface area contributed by atoms with Gasteiger partial charge in [0.2, 0.25) is 0 Å². The molecule has 7 nitrogen and oxygen atoms in total. The van der Waals surface area contributed by atoms with Crippen LogP contribution in [0, 0.1) is 13.8 Å². The lowest BCUT2D eigenvalue weighted by molar-refractivity contribution is -0.122. The zero-order chi connectivity index (χ0) is 24.0. The van der Waals surface area contributed by atoms with Gasteiger partial charge in [-0.15, -0.1) is 0 Å². The Morgan fingerprint density at radius 3 is 2.15 bits per heavy atom. The van der Waals surface area contributed by atoms with E-state index in [9.17, 15) is 13.2 Å². The molecule has 0 spiro atoms. The van der Waals surface area contributed by atoms with Crippen molar-refractivity contribution in [3.8, 4) is 11.5 Å². The molecule has 0 aliphatic carbocycles. The van der Waals surface area contributed by atoms with Crippen molar-refractivity contribution in [2.45, 2.75) is 38.2 Å². The molecule has 3 rings (SSSR count). The fraction of sp³-hybridized carbons (Fsp3) is 0.240. The highest BCUT2D eigenvalue weighted by atomic mass is 32.2. The average molecular weight is 469 g/mol. The number of aryl methyl sites for hydroxylation is 2. The third-order valence-electron chi connectivity index (χ3n) is 5.19. The molecule has 174 valence electrons. The van der Waals surface area contributed by atoms with Gasteiger partial charge in [0.25, 0.3) is 15.9 Å². The van der Waals surface area contributed by atoms with Gasteiger partial charge in [0.15, 0.2) is 17.6 Å². The lowest BCUT2D eigenvalue weighted by atomic mass is 10.1. The van der Waals surface area contributed by atoms with E-state index in [-0.39, 0.29) is 10.8 Å². The number of benzene rings is 3. The van der Waals surface area contributed by atoms with E-state index in [4.69, 9.17) is 9.47 Å². The van der Waals surface area contributed by atoms with Crippen molar-refractivity contribution in [3.05, 3.63) is 77.9 Å². The third-order valence-corrected chi connectivity index (χ3v) is 6.59. The van der Waals surface area contributed by atoms with Gasteiger partial charge in [-0.05, 0) is 79.9 Å². The molecule has 0 aromatic heterocycles. The molecular weight excluding hydrogens is 440 g/mol. The molecular formula is C25H28N2O5S. The normalized spacial score (nSPS) is 12.0. The number of nitrogens with one attached hydrogen (secondary N) is 2. The van der Waals surface area contributed by atoms with Crippen LogP contribution in [0.3, 0.4) is 0 Å². The molecule has 0 unspecified atom stereocenters. The van der Waals surface area contributed by atoms with Crippen molar-refractivity contribution in [1.29, 1.82) is 0 Å². The summed E-state index contributed by atoms with van der Waals surface area (Å²) in [7, 11) is -2.22. The first-order valence-corrected chi connectivity index (χ1v) is 12.0. The molecule has 8 heteroatoms. The molecule has 3 aromatic carbocycles. The average Bonchev–Trinajstić information content (AvgIpc) is 2.80. The number of hydrogen-bond acceptors (Lipinski definition) is 5. The van der Waals surface area contributed by atoms with Gasteiger partial charge in [0.1, 0.15) is 0 Å². The lowest BCUT2D eigenvalue weighted by Crippen LogP contribution is -2.32. The van der Waals surface area contributed by atoms with Gasteiger partial charge in [0.05, 0.1) is 12.0 Å². The maximum absolute atomic E-state index is 12.7. The van der Waals surface area contributed by atoms with Gasteiger partial charge in [0, 0.05) is 11.4 Å². The largest absolute Gasteiger partial charge is 0.493 e. The zero-order valence-electron chi connectivity index (χ0n) is 19.1. The first-order valence-electron chi connectivity index (χ1n) is 10.5. The maximum Gasteiger partial charge on any atom is 0.265 e. The Balaban J connectivity index is 1.68. The molecule has 0 aliphatic heterocycles. The first-order chi connectivity index (χ1) is 15.7. The van der Waals surface area contributed by atoms with Crippen molar-refractivity contribution < 1.29 is 22.7 Å². The first kappa shape index (κ1) is 24.1. The van der Waals surface area contributed by atoms with Crippen LogP contribution >= 0.6 is 0 Å². The van der Waals surface area contributed by atoms with E-state index in [1.165, 1.54) is 19.2 Å². The molecule has 0 radical (unpaired) electrons. The van der Waals surface area contributed by atoms with Gasteiger partial charge in [-0.2, -0.15) is 0 Å². The zero-order valence-corrected chi connectivity index (χ0v) is 19.9. The van der Waals surface area contributed by atoms with Gasteiger partial charge >= 0.3 is 0 Å². The third kappa shape index (κ3) is 6.04. The molecule has 1 atom stereocenters. The van der Waals surface area contributed by atoms with Crippen LogP contribution in [0.15, 0.2) is 71.6 Å². The highest BCUT2D eigenvalue weighted by Crippen LogP contribution is 2.28. The molecule has 0 fully saturated rings. The van der Waals surface area contributed by atoms with E-state index in [0.717, 1.165) is 11.1 Å². The number of carbonyl (C=O) groups is 1. The Bertz CT molecular complexity index is 1220. The van der Waals surface area contributed by atoms with Gasteiger partial charge in [-0.25, -0.2) is 8.42 Å². The van der Waals surface area contributed by atoms with E-state index in [1.807, 2.05) is 32.9 Å². The van der Waals surface area contributed by atoms with Crippen molar-refractivity contribution in [3.63, 3.8) is 0 Å². The summed E-state index contributed by atoms with van der Waals surface area (Å²) in [6, 6.07) is 18.5. The summed E-state index contributed by atoms with van der Waals surface area (Å²) in [6.07, 6.45) is -0.299. The second-order valence-electron chi connectivity index (χ2n) is 7.58. The predicted octanol–water partition coefficient (Wildman–Crippen LogP) is 4.91. The van der Waals surface area contributed by atoms with Crippen LogP contribution in [0.2, 0.25) is 0 Å². The number of amides is 1. The summed E-state index contributed by atoms with van der Waals surface area (Å²) >= 11 is 0. The molecule has 0 saturated carbocycles.